The SMILES string of the molecule is CC(C)NC(=O)c1cc(NCc2ccccc2F)ncn1. The summed E-state index contributed by atoms with van der Waals surface area (Å²) in [7, 11) is 0. The van der Waals surface area contributed by atoms with Crippen LogP contribution < -0.4 is 10.6 Å². The first kappa shape index (κ1) is 14.9. The average Bonchev–Trinajstić information content (AvgIpc) is 2.46. The van der Waals surface area contributed by atoms with Crippen LogP contribution in [0, 0.1) is 5.82 Å². The van der Waals surface area contributed by atoms with Crippen molar-refractivity contribution in [3.63, 3.8) is 0 Å². The lowest BCUT2D eigenvalue weighted by molar-refractivity contribution is 0.0938. The van der Waals surface area contributed by atoms with Crippen molar-refractivity contribution in [2.45, 2.75) is 26.4 Å². The summed E-state index contributed by atoms with van der Waals surface area (Å²) in [6, 6.07) is 8.06. The van der Waals surface area contributed by atoms with Crippen molar-refractivity contribution in [2.75, 3.05) is 5.32 Å². The fourth-order valence-electron chi connectivity index (χ4n) is 1.74. The Labute approximate surface area is 122 Å². The molecule has 5 nitrogen and oxygen atoms in total. The molecule has 1 amide bonds. The van der Waals surface area contributed by atoms with Crippen LogP contribution in [0.25, 0.3) is 0 Å². The van der Waals surface area contributed by atoms with Crippen LogP contribution in [-0.2, 0) is 6.54 Å². The maximum absolute atomic E-state index is 13.5. The molecule has 0 fully saturated rings. The molecule has 21 heavy (non-hydrogen) atoms. The summed E-state index contributed by atoms with van der Waals surface area (Å²) < 4.78 is 13.5. The van der Waals surface area contributed by atoms with Gasteiger partial charge in [-0.25, -0.2) is 14.4 Å². The van der Waals surface area contributed by atoms with E-state index in [0.717, 1.165) is 0 Å². The highest BCUT2D eigenvalue weighted by molar-refractivity contribution is 5.92. The van der Waals surface area contributed by atoms with Crippen LogP contribution >= 0.6 is 0 Å². The number of halogens is 1. The average molecular weight is 288 g/mol. The second kappa shape index (κ2) is 6.78. The monoisotopic (exact) mass is 288 g/mol. The van der Waals surface area contributed by atoms with Gasteiger partial charge >= 0.3 is 0 Å². The molecule has 0 radical (unpaired) electrons. The number of hydrogen-bond donors (Lipinski definition) is 2. The zero-order valence-corrected chi connectivity index (χ0v) is 11.9. The van der Waals surface area contributed by atoms with E-state index in [-0.39, 0.29) is 30.0 Å². The van der Waals surface area contributed by atoms with Crippen LogP contribution in [-0.4, -0.2) is 21.9 Å². The van der Waals surface area contributed by atoms with Gasteiger partial charge in [0.1, 0.15) is 23.7 Å². The number of hydrogen-bond acceptors (Lipinski definition) is 4. The molecule has 2 aromatic rings. The lowest BCUT2D eigenvalue weighted by Crippen LogP contribution is -2.30. The molecular formula is C15H17FN4O. The first-order chi connectivity index (χ1) is 10.1. The van der Waals surface area contributed by atoms with E-state index in [2.05, 4.69) is 20.6 Å². The fourth-order valence-corrected chi connectivity index (χ4v) is 1.74. The number of nitrogens with zero attached hydrogens (tertiary/aromatic N) is 2. The lowest BCUT2D eigenvalue weighted by atomic mass is 10.2. The maximum Gasteiger partial charge on any atom is 0.270 e. The van der Waals surface area contributed by atoms with E-state index in [9.17, 15) is 9.18 Å². The second-order valence-corrected chi connectivity index (χ2v) is 4.86. The van der Waals surface area contributed by atoms with Gasteiger partial charge in [-0.3, -0.25) is 4.79 Å². The Balaban J connectivity index is 2.04. The van der Waals surface area contributed by atoms with Crippen molar-refractivity contribution in [1.29, 1.82) is 0 Å². The highest BCUT2D eigenvalue weighted by atomic mass is 19.1. The zero-order valence-electron chi connectivity index (χ0n) is 11.9. The van der Waals surface area contributed by atoms with Gasteiger partial charge in [0, 0.05) is 24.2 Å². The van der Waals surface area contributed by atoms with Crippen molar-refractivity contribution in [2.24, 2.45) is 0 Å². The molecule has 2 N–H and O–H groups in total. The fraction of sp³-hybridized carbons (Fsp3) is 0.267. The van der Waals surface area contributed by atoms with Gasteiger partial charge in [-0.05, 0) is 19.9 Å². The van der Waals surface area contributed by atoms with Crippen molar-refractivity contribution < 1.29 is 9.18 Å². The summed E-state index contributed by atoms with van der Waals surface area (Å²) in [5.74, 6) is -0.0691. The minimum atomic E-state index is -0.281. The predicted molar refractivity (Wildman–Crippen MR) is 78.4 cm³/mol. The molecule has 1 heterocycles. The molecule has 1 aromatic carbocycles. The predicted octanol–water partition coefficient (Wildman–Crippen LogP) is 2.37. The van der Waals surface area contributed by atoms with Gasteiger partial charge in [0.2, 0.25) is 0 Å². The number of rotatable bonds is 5. The van der Waals surface area contributed by atoms with E-state index in [1.54, 1.807) is 24.3 Å². The summed E-state index contributed by atoms with van der Waals surface area (Å²) in [6.45, 7) is 4.03. The van der Waals surface area contributed by atoms with Crippen molar-refractivity contribution in [1.82, 2.24) is 15.3 Å². The van der Waals surface area contributed by atoms with Gasteiger partial charge in [-0.2, -0.15) is 0 Å². The molecule has 110 valence electrons. The Morgan fingerprint density at radius 3 is 2.76 bits per heavy atom. The molecule has 2 rings (SSSR count). The quantitative estimate of drug-likeness (QED) is 0.886. The van der Waals surface area contributed by atoms with E-state index in [1.807, 2.05) is 13.8 Å². The molecule has 0 aliphatic carbocycles. The topological polar surface area (TPSA) is 66.9 Å². The molecule has 6 heteroatoms. The molecule has 0 aliphatic heterocycles. The highest BCUT2D eigenvalue weighted by Gasteiger charge is 2.10. The molecule has 0 saturated heterocycles. The molecule has 0 aliphatic rings. The third-order valence-electron chi connectivity index (χ3n) is 2.74. The number of carbonyl (C=O) groups is 1. The zero-order chi connectivity index (χ0) is 15.2. The summed E-state index contributed by atoms with van der Waals surface area (Å²) in [5, 5.41) is 5.73. The first-order valence-corrected chi connectivity index (χ1v) is 6.66. The Bertz CT molecular complexity index is 631. The number of aromatic nitrogens is 2. The van der Waals surface area contributed by atoms with Crippen LogP contribution in [0.4, 0.5) is 10.2 Å². The molecule has 0 spiro atoms. The van der Waals surface area contributed by atoms with Gasteiger partial charge in [0.15, 0.2) is 0 Å². The van der Waals surface area contributed by atoms with Gasteiger partial charge in [0.05, 0.1) is 0 Å². The van der Waals surface area contributed by atoms with Crippen LogP contribution in [0.3, 0.4) is 0 Å². The Morgan fingerprint density at radius 1 is 1.29 bits per heavy atom. The van der Waals surface area contributed by atoms with Crippen LogP contribution in [0.1, 0.15) is 29.9 Å². The number of benzene rings is 1. The van der Waals surface area contributed by atoms with E-state index in [4.69, 9.17) is 0 Å². The molecule has 0 atom stereocenters. The molecule has 1 aromatic heterocycles. The van der Waals surface area contributed by atoms with Gasteiger partial charge in [-0.1, -0.05) is 18.2 Å². The molecule has 0 saturated carbocycles. The van der Waals surface area contributed by atoms with Crippen molar-refractivity contribution in [3.05, 3.63) is 53.7 Å². The minimum Gasteiger partial charge on any atom is -0.366 e. The first-order valence-electron chi connectivity index (χ1n) is 6.66. The van der Waals surface area contributed by atoms with Crippen LogP contribution in [0.5, 0.6) is 0 Å². The number of carbonyl (C=O) groups excluding carboxylic acids is 1. The number of anilines is 1. The summed E-state index contributed by atoms with van der Waals surface area (Å²) in [6.07, 6.45) is 1.30. The normalized spacial score (nSPS) is 10.5. The number of amides is 1. The smallest absolute Gasteiger partial charge is 0.270 e. The lowest BCUT2D eigenvalue weighted by Gasteiger charge is -2.09. The molecule has 0 unspecified atom stereocenters. The Kier molecular flexibility index (Phi) is 4.81. The van der Waals surface area contributed by atoms with Gasteiger partial charge < -0.3 is 10.6 Å². The van der Waals surface area contributed by atoms with E-state index >= 15 is 0 Å². The summed E-state index contributed by atoms with van der Waals surface area (Å²) >= 11 is 0. The van der Waals surface area contributed by atoms with Gasteiger partial charge in [0.25, 0.3) is 5.91 Å². The van der Waals surface area contributed by atoms with E-state index < -0.39 is 0 Å². The standard InChI is InChI=1S/C15H17FN4O/c1-10(2)20-15(21)13-7-14(19-9-18-13)17-8-11-5-3-4-6-12(11)16/h3-7,9-10H,8H2,1-2H3,(H,20,21)(H,17,18,19). The van der Waals surface area contributed by atoms with Crippen molar-refractivity contribution in [3.8, 4) is 0 Å². The van der Waals surface area contributed by atoms with Crippen LogP contribution in [0.2, 0.25) is 0 Å². The van der Waals surface area contributed by atoms with Gasteiger partial charge in [-0.15, -0.1) is 0 Å². The largest absolute Gasteiger partial charge is 0.366 e. The molecular weight excluding hydrogens is 271 g/mol. The Hall–Kier alpha value is -2.50. The van der Waals surface area contributed by atoms with E-state index in [0.29, 0.717) is 11.4 Å². The van der Waals surface area contributed by atoms with E-state index in [1.165, 1.54) is 12.4 Å². The van der Waals surface area contributed by atoms with Crippen LogP contribution in [0.15, 0.2) is 36.7 Å². The summed E-state index contributed by atoms with van der Waals surface area (Å²) in [4.78, 5) is 19.8. The number of nitrogens with one attached hydrogen (secondary N) is 2. The summed E-state index contributed by atoms with van der Waals surface area (Å²) in [5.41, 5.74) is 0.805. The minimum absolute atomic E-state index is 0.0299. The third-order valence-corrected chi connectivity index (χ3v) is 2.74. The Morgan fingerprint density at radius 2 is 2.05 bits per heavy atom. The maximum atomic E-state index is 13.5. The highest BCUT2D eigenvalue weighted by Crippen LogP contribution is 2.10. The molecule has 0 bridgehead atoms. The third kappa shape index (κ3) is 4.24. The van der Waals surface area contributed by atoms with Crippen molar-refractivity contribution >= 4 is 11.7 Å². The second-order valence-electron chi connectivity index (χ2n) is 4.86.